The Bertz CT molecular complexity index is 361. The standard InChI is InChI=1S/C12H17Br2NO2/c1-3-8(4-2)10(13)7-15-12(16)9-5-6-17-11(9)14/h5-6,8,10H,3-4,7H2,1-2H3,(H,15,16). The third-order valence-corrected chi connectivity index (χ3v) is 4.57. The van der Waals surface area contributed by atoms with Gasteiger partial charge in [-0.15, -0.1) is 0 Å². The van der Waals surface area contributed by atoms with E-state index in [0.29, 0.717) is 27.5 Å². The van der Waals surface area contributed by atoms with Crippen molar-refractivity contribution in [1.29, 1.82) is 0 Å². The van der Waals surface area contributed by atoms with E-state index in [1.54, 1.807) is 6.07 Å². The van der Waals surface area contributed by atoms with Crippen LogP contribution >= 0.6 is 31.9 Å². The van der Waals surface area contributed by atoms with Crippen LogP contribution in [0, 0.1) is 5.92 Å². The van der Waals surface area contributed by atoms with Crippen molar-refractivity contribution < 1.29 is 9.21 Å². The summed E-state index contributed by atoms with van der Waals surface area (Å²) in [5, 5.41) is 2.90. The molecule has 1 aromatic heterocycles. The zero-order valence-corrected chi connectivity index (χ0v) is 13.2. The number of halogens is 2. The Balaban J connectivity index is 2.46. The number of amides is 1. The molecule has 3 nitrogen and oxygen atoms in total. The van der Waals surface area contributed by atoms with Crippen LogP contribution in [0.5, 0.6) is 0 Å². The Kier molecular flexibility index (Phi) is 6.27. The van der Waals surface area contributed by atoms with Crippen molar-refractivity contribution in [2.45, 2.75) is 31.5 Å². The van der Waals surface area contributed by atoms with Gasteiger partial charge < -0.3 is 9.73 Å². The van der Waals surface area contributed by atoms with Crippen LogP contribution in [0.4, 0.5) is 0 Å². The Hall–Kier alpha value is -0.290. The second kappa shape index (κ2) is 7.21. The summed E-state index contributed by atoms with van der Waals surface area (Å²) in [7, 11) is 0. The average Bonchev–Trinajstić information content (AvgIpc) is 2.74. The Morgan fingerprint density at radius 3 is 2.59 bits per heavy atom. The van der Waals surface area contributed by atoms with Crippen molar-refractivity contribution in [2.75, 3.05) is 6.54 Å². The van der Waals surface area contributed by atoms with Gasteiger partial charge in [0.15, 0.2) is 4.67 Å². The Morgan fingerprint density at radius 1 is 1.47 bits per heavy atom. The fraction of sp³-hybridized carbons (Fsp3) is 0.583. The van der Waals surface area contributed by atoms with Crippen LogP contribution in [0.2, 0.25) is 0 Å². The van der Waals surface area contributed by atoms with E-state index in [9.17, 15) is 4.79 Å². The van der Waals surface area contributed by atoms with Crippen molar-refractivity contribution in [3.63, 3.8) is 0 Å². The summed E-state index contributed by atoms with van der Waals surface area (Å²) >= 11 is 6.82. The largest absolute Gasteiger partial charge is 0.457 e. The van der Waals surface area contributed by atoms with E-state index in [-0.39, 0.29) is 5.91 Å². The van der Waals surface area contributed by atoms with Crippen molar-refractivity contribution >= 4 is 37.8 Å². The Morgan fingerprint density at radius 2 is 2.12 bits per heavy atom. The summed E-state index contributed by atoms with van der Waals surface area (Å²) in [4.78, 5) is 12.1. The summed E-state index contributed by atoms with van der Waals surface area (Å²) < 4.78 is 5.50. The number of hydrogen-bond donors (Lipinski definition) is 1. The number of nitrogens with one attached hydrogen (secondary N) is 1. The maximum atomic E-state index is 11.8. The van der Waals surface area contributed by atoms with Gasteiger partial charge >= 0.3 is 0 Å². The van der Waals surface area contributed by atoms with E-state index in [0.717, 1.165) is 12.8 Å². The van der Waals surface area contributed by atoms with Gasteiger partial charge in [0.2, 0.25) is 0 Å². The molecule has 0 aliphatic carbocycles. The molecule has 96 valence electrons. The smallest absolute Gasteiger partial charge is 0.255 e. The van der Waals surface area contributed by atoms with Gasteiger partial charge in [-0.25, -0.2) is 0 Å². The minimum atomic E-state index is -0.110. The first-order chi connectivity index (χ1) is 8.10. The van der Waals surface area contributed by atoms with Gasteiger partial charge in [0.1, 0.15) is 0 Å². The van der Waals surface area contributed by atoms with Crippen LogP contribution in [0.1, 0.15) is 37.0 Å². The minimum Gasteiger partial charge on any atom is -0.457 e. The van der Waals surface area contributed by atoms with Gasteiger partial charge in [0.05, 0.1) is 11.8 Å². The molecular weight excluding hydrogens is 350 g/mol. The maximum absolute atomic E-state index is 11.8. The van der Waals surface area contributed by atoms with Crippen LogP contribution in [-0.4, -0.2) is 17.3 Å². The molecule has 0 aromatic carbocycles. The fourth-order valence-electron chi connectivity index (χ4n) is 1.71. The molecule has 0 aliphatic rings. The SMILES string of the molecule is CCC(CC)C(Br)CNC(=O)c1ccoc1Br. The molecule has 1 aromatic rings. The van der Waals surface area contributed by atoms with E-state index in [1.165, 1.54) is 6.26 Å². The summed E-state index contributed by atoms with van der Waals surface area (Å²) in [5.41, 5.74) is 0.536. The number of alkyl halides is 1. The van der Waals surface area contributed by atoms with Crippen molar-refractivity contribution in [3.8, 4) is 0 Å². The van der Waals surface area contributed by atoms with Gasteiger partial charge in [-0.3, -0.25) is 4.79 Å². The van der Waals surface area contributed by atoms with Gasteiger partial charge in [-0.05, 0) is 27.9 Å². The van der Waals surface area contributed by atoms with E-state index >= 15 is 0 Å². The molecule has 1 rings (SSSR count). The van der Waals surface area contributed by atoms with Crippen molar-refractivity contribution in [1.82, 2.24) is 5.32 Å². The molecule has 5 heteroatoms. The highest BCUT2D eigenvalue weighted by Gasteiger charge is 2.18. The van der Waals surface area contributed by atoms with E-state index in [1.807, 2.05) is 0 Å². The molecule has 0 radical (unpaired) electrons. The second-order valence-corrected chi connectivity index (χ2v) is 5.81. The van der Waals surface area contributed by atoms with Crippen LogP contribution in [0.25, 0.3) is 0 Å². The van der Waals surface area contributed by atoms with Gasteiger partial charge in [0, 0.05) is 11.4 Å². The lowest BCUT2D eigenvalue weighted by molar-refractivity contribution is 0.0950. The second-order valence-electron chi connectivity index (χ2n) is 3.91. The first-order valence-corrected chi connectivity index (χ1v) is 7.46. The monoisotopic (exact) mass is 365 g/mol. The molecule has 0 saturated carbocycles. The van der Waals surface area contributed by atoms with Gasteiger partial charge in [-0.2, -0.15) is 0 Å². The number of hydrogen-bond acceptors (Lipinski definition) is 2. The fourth-order valence-corrected chi connectivity index (χ4v) is 3.04. The first kappa shape index (κ1) is 14.8. The number of furan rings is 1. The summed E-state index contributed by atoms with van der Waals surface area (Å²) in [6.45, 7) is 4.95. The van der Waals surface area contributed by atoms with Gasteiger partial charge in [-0.1, -0.05) is 42.6 Å². The third kappa shape index (κ3) is 4.14. The molecule has 0 spiro atoms. The molecule has 1 heterocycles. The molecular formula is C12H17Br2NO2. The maximum Gasteiger partial charge on any atom is 0.255 e. The molecule has 1 N–H and O–H groups in total. The molecule has 0 bridgehead atoms. The van der Waals surface area contributed by atoms with Crippen LogP contribution < -0.4 is 5.32 Å². The third-order valence-electron chi connectivity index (χ3n) is 2.88. The minimum absolute atomic E-state index is 0.110. The highest BCUT2D eigenvalue weighted by molar-refractivity contribution is 9.10. The quantitative estimate of drug-likeness (QED) is 0.774. The first-order valence-electron chi connectivity index (χ1n) is 5.75. The molecule has 1 unspecified atom stereocenters. The van der Waals surface area contributed by atoms with Gasteiger partial charge in [0.25, 0.3) is 5.91 Å². The lowest BCUT2D eigenvalue weighted by Gasteiger charge is -2.19. The Labute approximate surface area is 119 Å². The number of rotatable bonds is 6. The topological polar surface area (TPSA) is 42.2 Å². The molecule has 0 saturated heterocycles. The predicted octanol–water partition coefficient (Wildman–Crippen LogP) is 3.97. The zero-order chi connectivity index (χ0) is 12.8. The van der Waals surface area contributed by atoms with Crippen molar-refractivity contribution in [3.05, 3.63) is 22.6 Å². The van der Waals surface area contributed by atoms with Crippen LogP contribution in [0.15, 0.2) is 21.4 Å². The zero-order valence-electron chi connectivity index (χ0n) is 10.0. The average molecular weight is 367 g/mol. The highest BCUT2D eigenvalue weighted by Crippen LogP contribution is 2.20. The molecule has 17 heavy (non-hydrogen) atoms. The predicted molar refractivity (Wildman–Crippen MR) is 75.5 cm³/mol. The van der Waals surface area contributed by atoms with Crippen molar-refractivity contribution in [2.24, 2.45) is 5.92 Å². The highest BCUT2D eigenvalue weighted by atomic mass is 79.9. The number of carbonyl (C=O) groups is 1. The van der Waals surface area contributed by atoms with E-state index in [4.69, 9.17) is 4.42 Å². The molecule has 1 atom stereocenters. The lowest BCUT2D eigenvalue weighted by Crippen LogP contribution is -2.32. The summed E-state index contributed by atoms with van der Waals surface area (Å²) in [6, 6.07) is 1.65. The van der Waals surface area contributed by atoms with E-state index in [2.05, 4.69) is 51.0 Å². The normalized spacial score (nSPS) is 12.8. The number of carbonyl (C=O) groups excluding carboxylic acids is 1. The molecule has 0 fully saturated rings. The molecule has 0 aliphatic heterocycles. The lowest BCUT2D eigenvalue weighted by atomic mass is 9.99. The van der Waals surface area contributed by atoms with Crippen LogP contribution in [-0.2, 0) is 0 Å². The molecule has 1 amide bonds. The van der Waals surface area contributed by atoms with Crippen LogP contribution in [0.3, 0.4) is 0 Å². The summed E-state index contributed by atoms with van der Waals surface area (Å²) in [5.74, 6) is 0.476. The van der Waals surface area contributed by atoms with E-state index < -0.39 is 0 Å². The summed E-state index contributed by atoms with van der Waals surface area (Å²) in [6.07, 6.45) is 3.71.